The van der Waals surface area contributed by atoms with Gasteiger partial charge in [0.1, 0.15) is 5.82 Å². The summed E-state index contributed by atoms with van der Waals surface area (Å²) < 4.78 is 47.1. The van der Waals surface area contributed by atoms with E-state index in [9.17, 15) is 13.2 Å². The van der Waals surface area contributed by atoms with Crippen LogP contribution in [0.3, 0.4) is 0 Å². The van der Waals surface area contributed by atoms with E-state index in [1.807, 2.05) is 19.1 Å². The molecule has 1 nitrogen and oxygen atoms in total. The Morgan fingerprint density at radius 1 is 0.920 bits per heavy atom. The van der Waals surface area contributed by atoms with Crippen molar-refractivity contribution < 1.29 is 17.9 Å². The van der Waals surface area contributed by atoms with E-state index in [-0.39, 0.29) is 23.4 Å². The van der Waals surface area contributed by atoms with Crippen molar-refractivity contribution in [3.63, 3.8) is 0 Å². The molecule has 25 heavy (non-hydrogen) atoms. The lowest BCUT2D eigenvalue weighted by Gasteiger charge is -2.29. The Labute approximate surface area is 146 Å². The number of rotatable bonds is 4. The van der Waals surface area contributed by atoms with Gasteiger partial charge in [-0.2, -0.15) is 4.39 Å². The first kappa shape index (κ1) is 17.8. The highest BCUT2D eigenvalue weighted by Crippen LogP contribution is 2.42. The number of benzene rings is 2. The van der Waals surface area contributed by atoms with E-state index >= 15 is 0 Å². The SMILES string of the molecule is CCc1ccc(C2CCC(c3ccc(OC)c(F)c3F)CC2)cc1F. The maximum Gasteiger partial charge on any atom is 0.200 e. The van der Waals surface area contributed by atoms with Crippen molar-refractivity contribution in [1.82, 2.24) is 0 Å². The van der Waals surface area contributed by atoms with Crippen molar-refractivity contribution in [3.05, 3.63) is 64.5 Å². The summed E-state index contributed by atoms with van der Waals surface area (Å²) in [6.07, 6.45) is 3.92. The van der Waals surface area contributed by atoms with Gasteiger partial charge < -0.3 is 4.74 Å². The van der Waals surface area contributed by atoms with Crippen LogP contribution < -0.4 is 4.74 Å². The van der Waals surface area contributed by atoms with Crippen molar-refractivity contribution >= 4 is 0 Å². The Morgan fingerprint density at radius 3 is 2.20 bits per heavy atom. The van der Waals surface area contributed by atoms with Gasteiger partial charge in [0.15, 0.2) is 11.6 Å². The van der Waals surface area contributed by atoms with Crippen molar-refractivity contribution in [2.75, 3.05) is 7.11 Å². The lowest BCUT2D eigenvalue weighted by Crippen LogP contribution is -2.14. The largest absolute Gasteiger partial charge is 0.494 e. The second-order valence-corrected chi connectivity index (χ2v) is 6.74. The molecule has 1 saturated carbocycles. The molecule has 0 radical (unpaired) electrons. The van der Waals surface area contributed by atoms with Gasteiger partial charge >= 0.3 is 0 Å². The Kier molecular flexibility index (Phi) is 5.36. The lowest BCUT2D eigenvalue weighted by atomic mass is 9.76. The highest BCUT2D eigenvalue weighted by atomic mass is 19.2. The van der Waals surface area contributed by atoms with Gasteiger partial charge in [-0.25, -0.2) is 8.78 Å². The van der Waals surface area contributed by atoms with Crippen LogP contribution in [-0.4, -0.2) is 7.11 Å². The summed E-state index contributed by atoms with van der Waals surface area (Å²) >= 11 is 0. The number of hydrogen-bond acceptors (Lipinski definition) is 1. The Balaban J connectivity index is 1.72. The molecule has 0 atom stereocenters. The van der Waals surface area contributed by atoms with Gasteiger partial charge in [-0.1, -0.05) is 25.1 Å². The summed E-state index contributed by atoms with van der Waals surface area (Å²) in [5, 5.41) is 0. The van der Waals surface area contributed by atoms with Crippen LogP contribution in [0.4, 0.5) is 13.2 Å². The van der Waals surface area contributed by atoms with Crippen LogP contribution in [-0.2, 0) is 6.42 Å². The van der Waals surface area contributed by atoms with Crippen LogP contribution in [0, 0.1) is 17.5 Å². The third-order valence-corrected chi connectivity index (χ3v) is 5.39. The molecule has 1 fully saturated rings. The van der Waals surface area contributed by atoms with E-state index in [1.165, 1.54) is 13.2 Å². The second-order valence-electron chi connectivity index (χ2n) is 6.74. The number of ether oxygens (including phenoxy) is 1. The molecule has 0 bridgehead atoms. The fraction of sp³-hybridized carbons (Fsp3) is 0.429. The monoisotopic (exact) mass is 348 g/mol. The van der Waals surface area contributed by atoms with Gasteiger partial charge in [0.2, 0.25) is 5.82 Å². The molecule has 1 aliphatic rings. The number of methoxy groups -OCH3 is 1. The predicted molar refractivity (Wildman–Crippen MR) is 92.6 cm³/mol. The molecular weight excluding hydrogens is 325 g/mol. The lowest BCUT2D eigenvalue weighted by molar-refractivity contribution is 0.356. The van der Waals surface area contributed by atoms with Crippen molar-refractivity contribution in [2.45, 2.75) is 50.9 Å². The molecule has 0 amide bonds. The summed E-state index contributed by atoms with van der Waals surface area (Å²) in [6, 6.07) is 8.60. The van der Waals surface area contributed by atoms with E-state index in [2.05, 4.69) is 0 Å². The topological polar surface area (TPSA) is 9.23 Å². The van der Waals surface area contributed by atoms with E-state index in [1.54, 1.807) is 12.1 Å². The van der Waals surface area contributed by atoms with Crippen molar-refractivity contribution in [2.24, 2.45) is 0 Å². The van der Waals surface area contributed by atoms with Crippen LogP contribution in [0.25, 0.3) is 0 Å². The van der Waals surface area contributed by atoms with Gasteiger partial charge in [-0.15, -0.1) is 0 Å². The Hall–Kier alpha value is -1.97. The van der Waals surface area contributed by atoms with Crippen LogP contribution in [0.1, 0.15) is 61.1 Å². The molecule has 0 heterocycles. The van der Waals surface area contributed by atoms with E-state index in [0.29, 0.717) is 12.0 Å². The molecule has 0 spiro atoms. The first-order chi connectivity index (χ1) is 12.0. The normalized spacial score (nSPS) is 20.5. The first-order valence-electron chi connectivity index (χ1n) is 8.85. The van der Waals surface area contributed by atoms with Crippen LogP contribution >= 0.6 is 0 Å². The van der Waals surface area contributed by atoms with Crippen molar-refractivity contribution in [1.29, 1.82) is 0 Å². The highest BCUT2D eigenvalue weighted by molar-refractivity contribution is 5.34. The molecule has 0 unspecified atom stereocenters. The van der Waals surface area contributed by atoms with Gasteiger partial charge in [0, 0.05) is 0 Å². The molecule has 0 saturated heterocycles. The summed E-state index contributed by atoms with van der Waals surface area (Å²) in [4.78, 5) is 0. The number of aryl methyl sites for hydroxylation is 1. The van der Waals surface area contributed by atoms with Gasteiger partial charge in [-0.05, 0) is 72.8 Å². The first-order valence-corrected chi connectivity index (χ1v) is 8.85. The maximum atomic E-state index is 14.3. The summed E-state index contributed by atoms with van der Waals surface area (Å²) in [7, 11) is 1.33. The zero-order valence-corrected chi connectivity index (χ0v) is 14.6. The number of hydrogen-bond donors (Lipinski definition) is 0. The van der Waals surface area contributed by atoms with Gasteiger partial charge in [0.25, 0.3) is 0 Å². The predicted octanol–water partition coefficient (Wildman–Crippen LogP) is 6.12. The van der Waals surface area contributed by atoms with E-state index in [0.717, 1.165) is 36.8 Å². The number of halogens is 3. The van der Waals surface area contributed by atoms with E-state index in [4.69, 9.17) is 4.74 Å². The Morgan fingerprint density at radius 2 is 1.60 bits per heavy atom. The minimum atomic E-state index is -0.917. The molecule has 3 rings (SSSR count). The molecule has 1 aliphatic carbocycles. The van der Waals surface area contributed by atoms with Crippen LogP contribution in [0.5, 0.6) is 5.75 Å². The molecular formula is C21H23F3O. The fourth-order valence-corrected chi connectivity index (χ4v) is 3.86. The molecule has 4 heteroatoms. The molecule has 0 N–H and O–H groups in total. The van der Waals surface area contributed by atoms with E-state index < -0.39 is 11.6 Å². The zero-order valence-electron chi connectivity index (χ0n) is 14.6. The summed E-state index contributed by atoms with van der Waals surface area (Å²) in [5.74, 6) is -1.66. The molecule has 2 aromatic rings. The smallest absolute Gasteiger partial charge is 0.200 e. The molecule has 0 aromatic heterocycles. The summed E-state index contributed by atoms with van der Waals surface area (Å²) in [6.45, 7) is 1.94. The minimum absolute atomic E-state index is 0.00332. The average molecular weight is 348 g/mol. The highest BCUT2D eigenvalue weighted by Gasteiger charge is 2.27. The van der Waals surface area contributed by atoms with Gasteiger partial charge in [0.05, 0.1) is 7.11 Å². The Bertz CT molecular complexity index is 749. The zero-order chi connectivity index (χ0) is 18.0. The van der Waals surface area contributed by atoms with Crippen molar-refractivity contribution in [3.8, 4) is 5.75 Å². The minimum Gasteiger partial charge on any atom is -0.494 e. The third-order valence-electron chi connectivity index (χ3n) is 5.39. The van der Waals surface area contributed by atoms with Crippen LogP contribution in [0.2, 0.25) is 0 Å². The standard InChI is InChI=1S/C21H23F3O/c1-3-13-4-9-16(12-18(13)22)14-5-7-15(8-6-14)17-10-11-19(25-2)21(24)20(17)23/h4,9-12,14-15H,3,5-8H2,1-2H3. The molecule has 0 aliphatic heterocycles. The average Bonchev–Trinajstić information content (AvgIpc) is 2.64. The van der Waals surface area contributed by atoms with Gasteiger partial charge in [-0.3, -0.25) is 0 Å². The molecule has 134 valence electrons. The second kappa shape index (κ2) is 7.51. The summed E-state index contributed by atoms with van der Waals surface area (Å²) in [5.41, 5.74) is 2.16. The van der Waals surface area contributed by atoms with Crippen LogP contribution in [0.15, 0.2) is 30.3 Å². The third kappa shape index (κ3) is 3.53. The molecule has 2 aromatic carbocycles. The quantitative estimate of drug-likeness (QED) is 0.647. The maximum absolute atomic E-state index is 14.3. The fourth-order valence-electron chi connectivity index (χ4n) is 3.86.